The number of likely N-dealkylation sites (tertiary alicyclic amines) is 1. The molecule has 0 aliphatic carbocycles. The molecule has 1 aromatic carbocycles. The molecule has 2 heteroatoms. The number of benzene rings is 1. The first-order valence-corrected chi connectivity index (χ1v) is 7.60. The van der Waals surface area contributed by atoms with E-state index in [1.165, 1.54) is 18.5 Å². The molecule has 0 saturated carbocycles. The molecular formula is C17H28N2. The van der Waals surface area contributed by atoms with Crippen molar-refractivity contribution in [3.8, 4) is 0 Å². The maximum Gasteiger partial charge on any atom is 0.0117 e. The number of hydrogen-bond acceptors (Lipinski definition) is 2. The van der Waals surface area contributed by atoms with Crippen LogP contribution in [0.3, 0.4) is 0 Å². The third kappa shape index (κ3) is 3.37. The fraction of sp³-hybridized carbons (Fsp3) is 0.647. The summed E-state index contributed by atoms with van der Waals surface area (Å²) in [6.07, 6.45) is 2.42. The van der Waals surface area contributed by atoms with Gasteiger partial charge in [0, 0.05) is 24.7 Å². The van der Waals surface area contributed by atoms with E-state index in [9.17, 15) is 0 Å². The molecule has 2 nitrogen and oxygen atoms in total. The molecule has 0 aromatic heterocycles. The van der Waals surface area contributed by atoms with Gasteiger partial charge in [-0.3, -0.25) is 4.90 Å². The maximum absolute atomic E-state index is 3.47. The van der Waals surface area contributed by atoms with E-state index in [1.54, 1.807) is 0 Å². The molecule has 0 amide bonds. The Bertz CT molecular complexity index is 376. The highest BCUT2D eigenvalue weighted by Crippen LogP contribution is 2.26. The average molecular weight is 260 g/mol. The van der Waals surface area contributed by atoms with Crippen molar-refractivity contribution in [2.75, 3.05) is 13.6 Å². The third-order valence-corrected chi connectivity index (χ3v) is 4.93. The van der Waals surface area contributed by atoms with Gasteiger partial charge < -0.3 is 5.32 Å². The lowest BCUT2D eigenvalue weighted by Crippen LogP contribution is -2.55. The van der Waals surface area contributed by atoms with E-state index in [1.807, 2.05) is 0 Å². The van der Waals surface area contributed by atoms with Crippen molar-refractivity contribution in [1.82, 2.24) is 10.2 Å². The Balaban J connectivity index is 1.98. The number of piperidine rings is 1. The smallest absolute Gasteiger partial charge is 0.0117 e. The highest BCUT2D eigenvalue weighted by molar-refractivity contribution is 5.16. The fourth-order valence-electron chi connectivity index (χ4n) is 3.49. The molecular weight excluding hydrogens is 232 g/mol. The van der Waals surface area contributed by atoms with Crippen LogP contribution < -0.4 is 5.32 Å². The van der Waals surface area contributed by atoms with Gasteiger partial charge in [-0.05, 0) is 45.2 Å². The molecule has 19 heavy (non-hydrogen) atoms. The first-order chi connectivity index (χ1) is 9.13. The summed E-state index contributed by atoms with van der Waals surface area (Å²) >= 11 is 0. The van der Waals surface area contributed by atoms with E-state index in [0.29, 0.717) is 18.1 Å². The van der Waals surface area contributed by atoms with Gasteiger partial charge in [-0.25, -0.2) is 0 Å². The molecule has 1 N–H and O–H groups in total. The van der Waals surface area contributed by atoms with Crippen LogP contribution >= 0.6 is 0 Å². The summed E-state index contributed by atoms with van der Waals surface area (Å²) in [6, 6.07) is 12.8. The largest absolute Gasteiger partial charge is 0.317 e. The Labute approximate surface area is 118 Å². The van der Waals surface area contributed by atoms with Gasteiger partial charge in [0.15, 0.2) is 0 Å². The summed E-state index contributed by atoms with van der Waals surface area (Å²) in [5.41, 5.74) is 1.45. The van der Waals surface area contributed by atoms with Crippen molar-refractivity contribution in [2.24, 2.45) is 5.92 Å². The van der Waals surface area contributed by atoms with Crippen LogP contribution in [0.15, 0.2) is 30.3 Å². The second kappa shape index (κ2) is 6.53. The fourth-order valence-corrected chi connectivity index (χ4v) is 3.49. The van der Waals surface area contributed by atoms with Crippen LogP contribution in [0, 0.1) is 5.92 Å². The molecule has 1 heterocycles. The zero-order valence-electron chi connectivity index (χ0n) is 12.8. The second-order valence-electron chi connectivity index (χ2n) is 6.06. The predicted octanol–water partition coefficient (Wildman–Crippen LogP) is 2.94. The Morgan fingerprint density at radius 2 is 1.95 bits per heavy atom. The normalized spacial score (nSPS) is 30.2. The molecule has 1 saturated heterocycles. The van der Waals surface area contributed by atoms with E-state index < -0.39 is 0 Å². The van der Waals surface area contributed by atoms with Crippen molar-refractivity contribution in [3.63, 3.8) is 0 Å². The maximum atomic E-state index is 3.47. The second-order valence-corrected chi connectivity index (χ2v) is 6.06. The quantitative estimate of drug-likeness (QED) is 0.895. The third-order valence-electron chi connectivity index (χ3n) is 4.93. The molecule has 4 unspecified atom stereocenters. The summed E-state index contributed by atoms with van der Waals surface area (Å²) < 4.78 is 0. The monoisotopic (exact) mass is 260 g/mol. The Morgan fingerprint density at radius 1 is 1.26 bits per heavy atom. The Hall–Kier alpha value is -0.860. The molecule has 1 aliphatic heterocycles. The predicted molar refractivity (Wildman–Crippen MR) is 82.4 cm³/mol. The number of rotatable bonds is 4. The molecule has 2 rings (SSSR count). The van der Waals surface area contributed by atoms with E-state index in [4.69, 9.17) is 0 Å². The van der Waals surface area contributed by atoms with Crippen LogP contribution in [0.1, 0.15) is 32.8 Å². The van der Waals surface area contributed by atoms with Crippen molar-refractivity contribution < 1.29 is 0 Å². The van der Waals surface area contributed by atoms with E-state index in [-0.39, 0.29) is 0 Å². The van der Waals surface area contributed by atoms with Crippen LogP contribution in [0.4, 0.5) is 0 Å². The number of nitrogens with zero attached hydrogens (tertiary/aromatic N) is 1. The van der Waals surface area contributed by atoms with Gasteiger partial charge >= 0.3 is 0 Å². The molecule has 0 bridgehead atoms. The lowest BCUT2D eigenvalue weighted by atomic mass is 9.85. The minimum atomic E-state index is 0.623. The van der Waals surface area contributed by atoms with Gasteiger partial charge in [0.05, 0.1) is 0 Å². The van der Waals surface area contributed by atoms with Crippen molar-refractivity contribution in [2.45, 2.75) is 51.7 Å². The van der Waals surface area contributed by atoms with Crippen LogP contribution in [0.2, 0.25) is 0 Å². The summed E-state index contributed by atoms with van der Waals surface area (Å²) in [4.78, 5) is 2.69. The lowest BCUT2D eigenvalue weighted by Gasteiger charge is -2.45. The van der Waals surface area contributed by atoms with Crippen LogP contribution in [0.5, 0.6) is 0 Å². The highest BCUT2D eigenvalue weighted by Gasteiger charge is 2.33. The summed E-state index contributed by atoms with van der Waals surface area (Å²) in [7, 11) is 2.09. The van der Waals surface area contributed by atoms with Gasteiger partial charge in [-0.1, -0.05) is 37.3 Å². The van der Waals surface area contributed by atoms with Gasteiger partial charge in [0.25, 0.3) is 0 Å². The lowest BCUT2D eigenvalue weighted by molar-refractivity contribution is 0.0550. The van der Waals surface area contributed by atoms with E-state index >= 15 is 0 Å². The van der Waals surface area contributed by atoms with Gasteiger partial charge in [0.2, 0.25) is 0 Å². The molecule has 0 spiro atoms. The van der Waals surface area contributed by atoms with Gasteiger partial charge in [0.1, 0.15) is 0 Å². The first-order valence-electron chi connectivity index (χ1n) is 7.60. The minimum absolute atomic E-state index is 0.623. The zero-order valence-corrected chi connectivity index (χ0v) is 12.8. The number of nitrogens with one attached hydrogen (secondary N) is 1. The SMILES string of the molecule is CNC1CCN(C(C)Cc2ccccc2)C(C)C1C. The van der Waals surface area contributed by atoms with E-state index in [2.05, 4.69) is 68.4 Å². The van der Waals surface area contributed by atoms with Crippen LogP contribution in [0.25, 0.3) is 0 Å². The topological polar surface area (TPSA) is 15.3 Å². The Kier molecular flexibility index (Phi) is 5.00. The van der Waals surface area contributed by atoms with Crippen LogP contribution in [-0.4, -0.2) is 36.6 Å². The van der Waals surface area contributed by atoms with Crippen molar-refractivity contribution in [1.29, 1.82) is 0 Å². The molecule has 1 aliphatic rings. The minimum Gasteiger partial charge on any atom is -0.317 e. The highest BCUT2D eigenvalue weighted by atomic mass is 15.2. The first kappa shape index (κ1) is 14.5. The molecule has 0 radical (unpaired) electrons. The average Bonchev–Trinajstić information content (AvgIpc) is 2.42. The van der Waals surface area contributed by atoms with Crippen molar-refractivity contribution >= 4 is 0 Å². The zero-order chi connectivity index (χ0) is 13.8. The molecule has 1 fully saturated rings. The number of hydrogen-bond donors (Lipinski definition) is 1. The van der Waals surface area contributed by atoms with Gasteiger partial charge in [-0.2, -0.15) is 0 Å². The van der Waals surface area contributed by atoms with Crippen LogP contribution in [-0.2, 0) is 6.42 Å². The van der Waals surface area contributed by atoms with Gasteiger partial charge in [-0.15, -0.1) is 0 Å². The standard InChI is InChI=1S/C17H28N2/c1-13(12-16-8-6-5-7-9-16)19-11-10-17(18-4)14(2)15(19)3/h5-9,13-15,17-18H,10-12H2,1-4H3. The summed E-state index contributed by atoms with van der Waals surface area (Å²) in [5.74, 6) is 0.719. The summed E-state index contributed by atoms with van der Waals surface area (Å²) in [5, 5.41) is 3.47. The Morgan fingerprint density at radius 3 is 2.58 bits per heavy atom. The molecule has 4 atom stereocenters. The molecule has 106 valence electrons. The van der Waals surface area contributed by atoms with Crippen molar-refractivity contribution in [3.05, 3.63) is 35.9 Å². The summed E-state index contributed by atoms with van der Waals surface area (Å²) in [6.45, 7) is 8.35. The van der Waals surface area contributed by atoms with E-state index in [0.717, 1.165) is 12.3 Å². The molecule has 1 aromatic rings.